The molecule has 4 unspecified atom stereocenters. The first-order valence-corrected chi connectivity index (χ1v) is 7.50. The van der Waals surface area contributed by atoms with E-state index in [1.165, 1.54) is 19.3 Å². The molecule has 20 heavy (non-hydrogen) atoms. The lowest BCUT2D eigenvalue weighted by atomic mass is 10.0. The van der Waals surface area contributed by atoms with E-state index >= 15 is 0 Å². The van der Waals surface area contributed by atoms with Gasteiger partial charge in [-0.05, 0) is 49.0 Å². The minimum atomic E-state index is -2.76. The summed E-state index contributed by atoms with van der Waals surface area (Å²) in [6, 6.07) is 7.68. The molecule has 4 atom stereocenters. The second kappa shape index (κ2) is 4.69. The highest BCUT2D eigenvalue weighted by Gasteiger charge is 2.64. The minimum absolute atomic E-state index is 0.295. The highest BCUT2D eigenvalue weighted by Crippen LogP contribution is 2.65. The zero-order valence-electron chi connectivity index (χ0n) is 11.3. The molecule has 0 saturated heterocycles. The van der Waals surface area contributed by atoms with Gasteiger partial charge in [-0.25, -0.2) is 0 Å². The van der Waals surface area contributed by atoms with E-state index in [4.69, 9.17) is 0 Å². The van der Waals surface area contributed by atoms with Crippen LogP contribution in [0, 0.1) is 23.7 Å². The molecule has 1 aromatic rings. The van der Waals surface area contributed by atoms with Crippen LogP contribution in [0.1, 0.15) is 24.8 Å². The molecule has 0 heterocycles. The fourth-order valence-electron chi connectivity index (χ4n) is 4.69. The average molecular weight is 279 g/mol. The molecule has 0 amide bonds. The maximum atomic E-state index is 12.4. The van der Waals surface area contributed by atoms with Gasteiger partial charge in [-0.3, -0.25) is 0 Å². The largest absolute Gasteiger partial charge is 0.434 e. The Labute approximate surface area is 117 Å². The Kier molecular flexibility index (Phi) is 2.95. The molecule has 0 spiro atoms. The number of halogens is 2. The van der Waals surface area contributed by atoms with E-state index in [1.54, 1.807) is 12.1 Å². The number of alkyl halides is 2. The number of hydrogen-bond donors (Lipinski definition) is 1. The molecular weight excluding hydrogens is 260 g/mol. The summed E-state index contributed by atoms with van der Waals surface area (Å²) in [4.78, 5) is 0. The fourth-order valence-corrected chi connectivity index (χ4v) is 4.69. The average Bonchev–Trinajstić information content (AvgIpc) is 2.81. The second-order valence-electron chi connectivity index (χ2n) is 6.38. The third-order valence-electron chi connectivity index (χ3n) is 5.45. The van der Waals surface area contributed by atoms with Crippen LogP contribution in [-0.2, 0) is 6.54 Å². The molecule has 0 aliphatic heterocycles. The summed E-state index contributed by atoms with van der Waals surface area (Å²) >= 11 is 0. The highest BCUT2D eigenvalue weighted by molar-refractivity contribution is 5.33. The van der Waals surface area contributed by atoms with E-state index in [1.807, 2.05) is 12.1 Å². The smallest absolute Gasteiger partial charge is 0.387 e. The van der Waals surface area contributed by atoms with Crippen molar-refractivity contribution in [1.29, 1.82) is 0 Å². The SMILES string of the molecule is FC(F)Oc1ccccc1CNC1C2C3CCC(C3)C12. The zero-order valence-corrected chi connectivity index (χ0v) is 11.3. The third-order valence-corrected chi connectivity index (χ3v) is 5.45. The summed E-state index contributed by atoms with van der Waals surface area (Å²) < 4.78 is 29.3. The number of rotatable bonds is 5. The summed E-state index contributed by atoms with van der Waals surface area (Å²) in [7, 11) is 0. The van der Waals surface area contributed by atoms with Crippen LogP contribution in [0.3, 0.4) is 0 Å². The molecule has 1 N–H and O–H groups in total. The summed E-state index contributed by atoms with van der Waals surface area (Å²) in [6.45, 7) is -2.13. The predicted molar refractivity (Wildman–Crippen MR) is 71.5 cm³/mol. The van der Waals surface area contributed by atoms with Crippen molar-refractivity contribution in [1.82, 2.24) is 5.32 Å². The molecule has 3 fully saturated rings. The Balaban J connectivity index is 1.39. The fraction of sp³-hybridized carbons (Fsp3) is 0.625. The van der Waals surface area contributed by atoms with E-state index in [9.17, 15) is 8.78 Å². The van der Waals surface area contributed by atoms with Gasteiger partial charge in [-0.1, -0.05) is 18.2 Å². The van der Waals surface area contributed by atoms with Crippen molar-refractivity contribution in [3.63, 3.8) is 0 Å². The monoisotopic (exact) mass is 279 g/mol. The number of benzene rings is 1. The first-order valence-electron chi connectivity index (χ1n) is 7.50. The maximum absolute atomic E-state index is 12.4. The molecular formula is C16H19F2NO. The number of para-hydroxylation sites is 1. The van der Waals surface area contributed by atoms with E-state index in [0.717, 1.165) is 29.2 Å². The number of hydrogen-bond acceptors (Lipinski definition) is 2. The topological polar surface area (TPSA) is 21.3 Å². The van der Waals surface area contributed by atoms with Gasteiger partial charge in [0.1, 0.15) is 5.75 Å². The standard InChI is InChI=1S/C16H19F2NO/c17-16(18)20-12-4-2-1-3-11(12)8-19-15-13-9-5-6-10(7-9)14(13)15/h1-4,9-10,13-16,19H,5-8H2. The van der Waals surface area contributed by atoms with Gasteiger partial charge >= 0.3 is 6.61 Å². The Morgan fingerprint density at radius 3 is 2.55 bits per heavy atom. The van der Waals surface area contributed by atoms with Gasteiger partial charge in [-0.2, -0.15) is 8.78 Å². The van der Waals surface area contributed by atoms with E-state index < -0.39 is 6.61 Å². The van der Waals surface area contributed by atoms with E-state index in [-0.39, 0.29) is 0 Å². The lowest BCUT2D eigenvalue weighted by Crippen LogP contribution is -2.23. The third kappa shape index (κ3) is 2.01. The molecule has 4 rings (SSSR count). The lowest BCUT2D eigenvalue weighted by Gasteiger charge is -2.13. The van der Waals surface area contributed by atoms with Gasteiger partial charge in [0.05, 0.1) is 0 Å². The first-order chi connectivity index (χ1) is 9.74. The first kappa shape index (κ1) is 12.6. The van der Waals surface area contributed by atoms with Crippen molar-refractivity contribution in [2.24, 2.45) is 23.7 Å². The van der Waals surface area contributed by atoms with Crippen LogP contribution in [0.25, 0.3) is 0 Å². The number of fused-ring (bicyclic) bond motifs is 5. The molecule has 3 aliphatic rings. The van der Waals surface area contributed by atoms with Crippen LogP contribution in [0.5, 0.6) is 5.75 Å². The quantitative estimate of drug-likeness (QED) is 0.891. The van der Waals surface area contributed by atoms with Crippen LogP contribution in [0.4, 0.5) is 8.78 Å². The minimum Gasteiger partial charge on any atom is -0.434 e. The summed E-state index contributed by atoms with van der Waals surface area (Å²) in [5, 5.41) is 3.56. The molecule has 2 bridgehead atoms. The van der Waals surface area contributed by atoms with E-state index in [2.05, 4.69) is 10.1 Å². The van der Waals surface area contributed by atoms with Gasteiger partial charge in [-0.15, -0.1) is 0 Å². The number of nitrogens with one attached hydrogen (secondary N) is 1. The van der Waals surface area contributed by atoms with Gasteiger partial charge in [0.15, 0.2) is 0 Å². The van der Waals surface area contributed by atoms with Crippen molar-refractivity contribution in [2.45, 2.75) is 38.5 Å². The summed E-state index contributed by atoms with van der Waals surface area (Å²) in [5.74, 6) is 3.86. The lowest BCUT2D eigenvalue weighted by molar-refractivity contribution is -0.0505. The van der Waals surface area contributed by atoms with Gasteiger partial charge < -0.3 is 10.1 Å². The molecule has 2 nitrogen and oxygen atoms in total. The van der Waals surface area contributed by atoms with Gasteiger partial charge in [0.2, 0.25) is 0 Å². The predicted octanol–water partition coefficient (Wildman–Crippen LogP) is 3.42. The second-order valence-corrected chi connectivity index (χ2v) is 6.38. The van der Waals surface area contributed by atoms with Gasteiger partial charge in [0, 0.05) is 18.2 Å². The number of ether oxygens (including phenoxy) is 1. The molecule has 108 valence electrons. The Morgan fingerprint density at radius 1 is 1.15 bits per heavy atom. The molecule has 0 aromatic heterocycles. The van der Waals surface area contributed by atoms with Crippen molar-refractivity contribution in [2.75, 3.05) is 0 Å². The Bertz CT molecular complexity index is 491. The van der Waals surface area contributed by atoms with Crippen LogP contribution in [0.15, 0.2) is 24.3 Å². The molecule has 3 saturated carbocycles. The van der Waals surface area contributed by atoms with E-state index in [0.29, 0.717) is 18.3 Å². The van der Waals surface area contributed by atoms with Crippen molar-refractivity contribution in [3.05, 3.63) is 29.8 Å². The van der Waals surface area contributed by atoms with Crippen LogP contribution < -0.4 is 10.1 Å². The Hall–Kier alpha value is -1.16. The molecule has 3 aliphatic carbocycles. The molecule has 4 heteroatoms. The van der Waals surface area contributed by atoms with Crippen molar-refractivity contribution in [3.8, 4) is 5.75 Å². The van der Waals surface area contributed by atoms with Crippen molar-refractivity contribution < 1.29 is 13.5 Å². The Morgan fingerprint density at radius 2 is 1.85 bits per heavy atom. The summed E-state index contributed by atoms with van der Waals surface area (Å²) in [5.41, 5.74) is 0.824. The summed E-state index contributed by atoms with van der Waals surface area (Å²) in [6.07, 6.45) is 4.22. The highest BCUT2D eigenvalue weighted by atomic mass is 19.3. The van der Waals surface area contributed by atoms with Crippen LogP contribution >= 0.6 is 0 Å². The van der Waals surface area contributed by atoms with Gasteiger partial charge in [0.25, 0.3) is 0 Å². The van der Waals surface area contributed by atoms with Crippen LogP contribution in [0.2, 0.25) is 0 Å². The zero-order chi connectivity index (χ0) is 13.7. The maximum Gasteiger partial charge on any atom is 0.387 e. The van der Waals surface area contributed by atoms with Crippen molar-refractivity contribution >= 4 is 0 Å². The molecule has 1 aromatic carbocycles. The normalized spacial score (nSPS) is 37.2. The van der Waals surface area contributed by atoms with Crippen LogP contribution in [-0.4, -0.2) is 12.7 Å². The molecule has 0 radical (unpaired) electrons.